The maximum Gasteiger partial charge on any atom is 0.401 e. The molecule has 1 aromatic carbocycles. The number of alkyl halides is 3. The lowest BCUT2D eigenvalue weighted by Crippen LogP contribution is -2.53. The zero-order valence-corrected chi connectivity index (χ0v) is 12.6. The van der Waals surface area contributed by atoms with Crippen LogP contribution in [0.3, 0.4) is 0 Å². The van der Waals surface area contributed by atoms with Gasteiger partial charge in [0.1, 0.15) is 5.54 Å². The summed E-state index contributed by atoms with van der Waals surface area (Å²) in [5.74, 6) is -0.852. The molecule has 0 aromatic heterocycles. The molecule has 6 heteroatoms. The largest absolute Gasteiger partial charge is 0.401 e. The fourth-order valence-electron chi connectivity index (χ4n) is 1.91. The van der Waals surface area contributed by atoms with E-state index in [0.717, 1.165) is 5.56 Å². The van der Waals surface area contributed by atoms with Gasteiger partial charge in [0.25, 0.3) is 0 Å². The summed E-state index contributed by atoms with van der Waals surface area (Å²) in [5, 5.41) is 2.21. The molecule has 0 heterocycles. The number of amides is 1. The van der Waals surface area contributed by atoms with Crippen molar-refractivity contribution in [3.63, 3.8) is 0 Å². The Hall–Kier alpha value is -1.56. The van der Waals surface area contributed by atoms with Gasteiger partial charge in [0, 0.05) is 0 Å². The number of carbonyl (C=O) groups excluding carboxylic acids is 1. The molecular formula is C15H21F3N2O. The van der Waals surface area contributed by atoms with Crippen LogP contribution in [-0.2, 0) is 15.7 Å². The lowest BCUT2D eigenvalue weighted by Gasteiger charge is -2.29. The number of benzene rings is 1. The molecule has 0 fully saturated rings. The third-order valence-corrected chi connectivity index (χ3v) is 3.46. The second-order valence-electron chi connectivity index (χ2n) is 6.29. The summed E-state index contributed by atoms with van der Waals surface area (Å²) >= 11 is 0. The Labute approximate surface area is 122 Å². The van der Waals surface area contributed by atoms with E-state index in [1.807, 2.05) is 20.8 Å². The van der Waals surface area contributed by atoms with Crippen LogP contribution < -0.4 is 11.1 Å². The van der Waals surface area contributed by atoms with Crippen molar-refractivity contribution in [3.8, 4) is 0 Å². The second kappa shape index (κ2) is 5.67. The first kappa shape index (κ1) is 17.5. The van der Waals surface area contributed by atoms with E-state index >= 15 is 0 Å². The normalized spacial score (nSPS) is 15.6. The lowest BCUT2D eigenvalue weighted by atomic mass is 9.84. The molecule has 1 amide bonds. The van der Waals surface area contributed by atoms with Crippen molar-refractivity contribution in [2.45, 2.75) is 44.8 Å². The van der Waals surface area contributed by atoms with Crippen molar-refractivity contribution in [2.75, 3.05) is 6.54 Å². The first-order valence-corrected chi connectivity index (χ1v) is 6.59. The molecule has 0 saturated heterocycles. The molecule has 3 nitrogen and oxygen atoms in total. The Kier molecular flexibility index (Phi) is 4.73. The summed E-state index contributed by atoms with van der Waals surface area (Å²) in [6.45, 7) is 6.15. The van der Waals surface area contributed by atoms with E-state index in [9.17, 15) is 18.0 Å². The lowest BCUT2D eigenvalue weighted by molar-refractivity contribution is -0.135. The highest BCUT2D eigenvalue weighted by molar-refractivity contribution is 5.85. The van der Waals surface area contributed by atoms with Gasteiger partial charge >= 0.3 is 6.18 Å². The molecule has 1 aromatic rings. The number of primary amides is 1. The van der Waals surface area contributed by atoms with Crippen molar-refractivity contribution in [3.05, 3.63) is 35.4 Å². The van der Waals surface area contributed by atoms with Gasteiger partial charge in [-0.3, -0.25) is 10.1 Å². The molecule has 1 atom stereocenters. The van der Waals surface area contributed by atoms with E-state index in [4.69, 9.17) is 5.73 Å². The van der Waals surface area contributed by atoms with Gasteiger partial charge in [0.2, 0.25) is 5.91 Å². The van der Waals surface area contributed by atoms with Crippen molar-refractivity contribution in [2.24, 2.45) is 5.73 Å². The zero-order valence-electron chi connectivity index (χ0n) is 12.6. The average molecular weight is 302 g/mol. The SMILES string of the molecule is CC(C)(C)c1ccc(C(C)(NCC(F)(F)F)C(N)=O)cc1. The molecular weight excluding hydrogens is 281 g/mol. The summed E-state index contributed by atoms with van der Waals surface area (Å²) in [6, 6.07) is 6.86. The molecule has 0 aliphatic heterocycles. The Bertz CT molecular complexity index is 503. The minimum atomic E-state index is -4.41. The molecule has 0 spiro atoms. The van der Waals surface area contributed by atoms with Crippen LogP contribution in [0, 0.1) is 0 Å². The fraction of sp³-hybridized carbons (Fsp3) is 0.533. The number of hydrogen-bond donors (Lipinski definition) is 2. The molecule has 0 saturated carbocycles. The quantitative estimate of drug-likeness (QED) is 0.898. The van der Waals surface area contributed by atoms with Crippen molar-refractivity contribution in [1.29, 1.82) is 0 Å². The smallest absolute Gasteiger partial charge is 0.368 e. The maximum absolute atomic E-state index is 12.4. The van der Waals surface area contributed by atoms with Crippen LogP contribution in [0.4, 0.5) is 13.2 Å². The van der Waals surface area contributed by atoms with Gasteiger partial charge in [-0.25, -0.2) is 0 Å². The van der Waals surface area contributed by atoms with E-state index in [0.29, 0.717) is 5.56 Å². The van der Waals surface area contributed by atoms with Crippen LogP contribution in [-0.4, -0.2) is 18.6 Å². The highest BCUT2D eigenvalue weighted by Gasteiger charge is 2.38. The van der Waals surface area contributed by atoms with Gasteiger partial charge < -0.3 is 5.73 Å². The molecule has 0 aliphatic rings. The molecule has 118 valence electrons. The molecule has 1 rings (SSSR count). The molecule has 1 unspecified atom stereocenters. The molecule has 3 N–H and O–H groups in total. The van der Waals surface area contributed by atoms with Crippen LogP contribution in [0.5, 0.6) is 0 Å². The van der Waals surface area contributed by atoms with Crippen LogP contribution in [0.2, 0.25) is 0 Å². The molecule has 0 aliphatic carbocycles. The van der Waals surface area contributed by atoms with E-state index in [2.05, 4.69) is 5.32 Å². The number of hydrogen-bond acceptors (Lipinski definition) is 2. The molecule has 0 bridgehead atoms. The predicted octanol–water partition coefficient (Wildman–Crippen LogP) is 2.84. The number of halogens is 3. The fourth-order valence-corrected chi connectivity index (χ4v) is 1.91. The predicted molar refractivity (Wildman–Crippen MR) is 75.7 cm³/mol. The van der Waals surface area contributed by atoms with Crippen molar-refractivity contribution >= 4 is 5.91 Å². The van der Waals surface area contributed by atoms with E-state index in [-0.39, 0.29) is 5.41 Å². The Morgan fingerprint density at radius 1 is 1.05 bits per heavy atom. The summed E-state index contributed by atoms with van der Waals surface area (Å²) in [7, 11) is 0. The van der Waals surface area contributed by atoms with Gasteiger partial charge in [0.15, 0.2) is 0 Å². The Balaban J connectivity index is 3.09. The monoisotopic (exact) mass is 302 g/mol. The first-order chi connectivity index (χ1) is 9.36. The first-order valence-electron chi connectivity index (χ1n) is 6.59. The van der Waals surface area contributed by atoms with E-state index in [1.54, 1.807) is 24.3 Å². The number of carbonyl (C=O) groups is 1. The van der Waals surface area contributed by atoms with Crippen molar-refractivity contribution < 1.29 is 18.0 Å². The Morgan fingerprint density at radius 2 is 1.48 bits per heavy atom. The summed E-state index contributed by atoms with van der Waals surface area (Å²) in [6.07, 6.45) is -4.41. The topological polar surface area (TPSA) is 55.1 Å². The minimum Gasteiger partial charge on any atom is -0.368 e. The van der Waals surface area contributed by atoms with Gasteiger partial charge in [0.05, 0.1) is 6.54 Å². The highest BCUT2D eigenvalue weighted by Crippen LogP contribution is 2.27. The summed E-state index contributed by atoms with van der Waals surface area (Å²) < 4.78 is 37.1. The standard InChI is InChI=1S/C15H21F3N2O/c1-13(2,3)10-5-7-11(8-6-10)14(4,12(19)21)20-9-15(16,17)18/h5-8,20H,9H2,1-4H3,(H2,19,21). The maximum atomic E-state index is 12.4. The van der Waals surface area contributed by atoms with Gasteiger partial charge in [-0.05, 0) is 23.5 Å². The van der Waals surface area contributed by atoms with E-state index < -0.39 is 24.2 Å². The summed E-state index contributed by atoms with van der Waals surface area (Å²) in [4.78, 5) is 11.6. The van der Waals surface area contributed by atoms with Gasteiger partial charge in [-0.1, -0.05) is 45.0 Å². The summed E-state index contributed by atoms with van der Waals surface area (Å²) in [5.41, 5.74) is 5.07. The molecule has 21 heavy (non-hydrogen) atoms. The van der Waals surface area contributed by atoms with Crippen LogP contribution >= 0.6 is 0 Å². The number of rotatable bonds is 4. The third-order valence-electron chi connectivity index (χ3n) is 3.46. The minimum absolute atomic E-state index is 0.0823. The van der Waals surface area contributed by atoms with Gasteiger partial charge in [-0.15, -0.1) is 0 Å². The van der Waals surface area contributed by atoms with Crippen molar-refractivity contribution in [1.82, 2.24) is 5.32 Å². The van der Waals surface area contributed by atoms with Gasteiger partial charge in [-0.2, -0.15) is 13.2 Å². The average Bonchev–Trinajstić information content (AvgIpc) is 2.34. The third kappa shape index (κ3) is 4.46. The number of nitrogens with one attached hydrogen (secondary N) is 1. The second-order valence-corrected chi connectivity index (χ2v) is 6.29. The zero-order chi connectivity index (χ0) is 16.5. The van der Waals surface area contributed by atoms with Crippen LogP contribution in [0.15, 0.2) is 24.3 Å². The van der Waals surface area contributed by atoms with Crippen LogP contribution in [0.1, 0.15) is 38.8 Å². The molecule has 0 radical (unpaired) electrons. The van der Waals surface area contributed by atoms with E-state index in [1.165, 1.54) is 6.92 Å². The number of nitrogens with two attached hydrogens (primary N) is 1. The van der Waals surface area contributed by atoms with Crippen LogP contribution in [0.25, 0.3) is 0 Å². The highest BCUT2D eigenvalue weighted by atomic mass is 19.4. The Morgan fingerprint density at radius 3 is 1.81 bits per heavy atom.